The van der Waals surface area contributed by atoms with Gasteiger partial charge in [0.25, 0.3) is 11.8 Å². The summed E-state index contributed by atoms with van der Waals surface area (Å²) in [6.07, 6.45) is 1.03. The van der Waals surface area contributed by atoms with Crippen LogP contribution < -0.4 is 26.4 Å². The van der Waals surface area contributed by atoms with Gasteiger partial charge >= 0.3 is 0 Å². The first kappa shape index (κ1) is 17.2. The van der Waals surface area contributed by atoms with Crippen molar-refractivity contribution in [3.8, 4) is 5.75 Å². The van der Waals surface area contributed by atoms with Crippen molar-refractivity contribution < 1.29 is 14.3 Å². The Bertz CT molecular complexity index is 988. The molecule has 1 saturated heterocycles. The molecule has 28 heavy (non-hydrogen) atoms. The molecule has 3 aliphatic heterocycles. The van der Waals surface area contributed by atoms with Gasteiger partial charge in [-0.2, -0.15) is 0 Å². The molecule has 0 saturated carbocycles. The second kappa shape index (κ2) is 6.29. The van der Waals surface area contributed by atoms with E-state index in [0.29, 0.717) is 47.8 Å². The number of rotatable bonds is 1. The molecule has 2 aromatic carbocycles. The van der Waals surface area contributed by atoms with Crippen molar-refractivity contribution >= 4 is 34.8 Å². The smallest absolute Gasteiger partial charge is 0.258 e. The van der Waals surface area contributed by atoms with Crippen molar-refractivity contribution in [3.05, 3.63) is 52.5 Å². The largest absolute Gasteiger partial charge is 0.467 e. The highest BCUT2D eigenvalue weighted by Crippen LogP contribution is 2.35. The lowest BCUT2D eigenvalue weighted by Crippen LogP contribution is -2.61. The van der Waals surface area contributed by atoms with Crippen LogP contribution in [0.1, 0.15) is 33.6 Å². The van der Waals surface area contributed by atoms with E-state index in [-0.39, 0.29) is 11.8 Å². The number of carbonyl (C=O) groups excluding carboxylic acids is 2. The summed E-state index contributed by atoms with van der Waals surface area (Å²) in [5, 5.41) is 3.45. The molecule has 1 fully saturated rings. The fourth-order valence-corrected chi connectivity index (χ4v) is 3.99. The van der Waals surface area contributed by atoms with Crippen LogP contribution in [0, 0.1) is 0 Å². The van der Waals surface area contributed by atoms with E-state index >= 15 is 0 Å². The molecule has 9 heteroatoms. The molecular weight excluding hydrogens is 382 g/mol. The number of hydrogen-bond donors (Lipinski definition) is 4. The highest BCUT2D eigenvalue weighted by molar-refractivity contribution is 6.31. The first-order valence-corrected chi connectivity index (χ1v) is 9.42. The number of anilines is 2. The molecule has 0 radical (unpaired) electrons. The lowest BCUT2D eigenvalue weighted by Gasteiger charge is -2.44. The predicted molar refractivity (Wildman–Crippen MR) is 104 cm³/mol. The second-order valence-electron chi connectivity index (χ2n) is 7.12. The maximum Gasteiger partial charge on any atom is 0.258 e. The van der Waals surface area contributed by atoms with Gasteiger partial charge in [0.15, 0.2) is 5.72 Å². The van der Waals surface area contributed by atoms with Crippen molar-refractivity contribution in [2.45, 2.75) is 18.6 Å². The number of hydrogen-bond acceptors (Lipinski definition) is 6. The minimum absolute atomic E-state index is 0.0410. The molecular formula is C19H18ClN5O3. The first-order chi connectivity index (χ1) is 13.5. The van der Waals surface area contributed by atoms with Gasteiger partial charge < -0.3 is 25.8 Å². The van der Waals surface area contributed by atoms with E-state index in [9.17, 15) is 9.59 Å². The Labute approximate surface area is 166 Å². The zero-order valence-corrected chi connectivity index (χ0v) is 15.6. The third kappa shape index (κ3) is 2.81. The second-order valence-corrected chi connectivity index (χ2v) is 7.55. The lowest BCUT2D eigenvalue weighted by molar-refractivity contribution is -0.0245. The van der Waals surface area contributed by atoms with Crippen LogP contribution in [0.3, 0.4) is 0 Å². The molecule has 144 valence electrons. The molecule has 0 bridgehead atoms. The molecule has 1 spiro atoms. The van der Waals surface area contributed by atoms with E-state index in [4.69, 9.17) is 16.3 Å². The topological polar surface area (TPSA) is 94.7 Å². The Morgan fingerprint density at radius 1 is 1.07 bits per heavy atom. The predicted octanol–water partition coefficient (Wildman–Crippen LogP) is 2.35. The van der Waals surface area contributed by atoms with Gasteiger partial charge in [0, 0.05) is 36.5 Å². The van der Waals surface area contributed by atoms with Gasteiger partial charge in [-0.25, -0.2) is 0 Å². The van der Waals surface area contributed by atoms with Gasteiger partial charge in [-0.05, 0) is 36.4 Å². The average molecular weight is 400 g/mol. The fraction of sp³-hybridized carbons (Fsp3) is 0.263. The van der Waals surface area contributed by atoms with Gasteiger partial charge in [-0.3, -0.25) is 9.59 Å². The molecule has 2 aromatic rings. The Hall–Kier alpha value is -2.97. The van der Waals surface area contributed by atoms with Gasteiger partial charge in [0.1, 0.15) is 5.75 Å². The van der Waals surface area contributed by atoms with Crippen molar-refractivity contribution in [1.82, 2.24) is 15.8 Å². The number of ether oxygens (including phenoxy) is 1. The van der Waals surface area contributed by atoms with Crippen LogP contribution in [0.4, 0.5) is 11.4 Å². The molecule has 0 atom stereocenters. The summed E-state index contributed by atoms with van der Waals surface area (Å²) in [7, 11) is 0. The van der Waals surface area contributed by atoms with Crippen LogP contribution in [0.25, 0.3) is 0 Å². The molecule has 2 amide bonds. The maximum atomic E-state index is 12.9. The summed E-state index contributed by atoms with van der Waals surface area (Å²) >= 11 is 5.97. The molecule has 5 rings (SSSR count). The van der Waals surface area contributed by atoms with Crippen LogP contribution in [0.2, 0.25) is 5.02 Å². The van der Waals surface area contributed by atoms with Crippen molar-refractivity contribution in [2.75, 3.05) is 23.9 Å². The van der Waals surface area contributed by atoms with Crippen molar-refractivity contribution in [1.29, 1.82) is 0 Å². The normalized spacial score (nSPS) is 19.0. The maximum absolute atomic E-state index is 12.9. The number of piperidine rings is 1. The SMILES string of the molecule is O=C1NC2(CCN(C(=O)c3ccc4c(c3)NNN4)CC2)Oc2ccc(Cl)cc21. The zero-order valence-electron chi connectivity index (χ0n) is 14.8. The minimum Gasteiger partial charge on any atom is -0.467 e. The van der Waals surface area contributed by atoms with Gasteiger partial charge in [0.05, 0.1) is 16.9 Å². The number of hydrazine groups is 2. The molecule has 3 aliphatic rings. The molecule has 3 heterocycles. The average Bonchev–Trinajstić information content (AvgIpc) is 3.17. The first-order valence-electron chi connectivity index (χ1n) is 9.04. The standard InChI is InChI=1S/C19H18ClN5O3/c20-12-2-4-16-13(10-12)17(26)21-19(28-16)5-7-25(8-6-19)18(27)11-1-3-14-15(9-11)23-24-22-14/h1-4,9-10,22-24H,5-8H2,(H,21,26). The fourth-order valence-electron chi connectivity index (χ4n) is 3.82. The Morgan fingerprint density at radius 2 is 1.86 bits per heavy atom. The Balaban J connectivity index is 1.30. The Kier molecular flexibility index (Phi) is 3.85. The number of benzene rings is 2. The van der Waals surface area contributed by atoms with Crippen LogP contribution in [-0.2, 0) is 0 Å². The number of fused-ring (bicyclic) bond motifs is 2. The van der Waals surface area contributed by atoms with Crippen LogP contribution in [-0.4, -0.2) is 35.5 Å². The lowest BCUT2D eigenvalue weighted by atomic mass is 9.96. The van der Waals surface area contributed by atoms with Gasteiger partial charge in [0.2, 0.25) is 0 Å². The van der Waals surface area contributed by atoms with E-state index in [2.05, 4.69) is 21.7 Å². The summed E-state index contributed by atoms with van der Waals surface area (Å²) in [5.41, 5.74) is 10.7. The minimum atomic E-state index is -0.790. The third-order valence-electron chi connectivity index (χ3n) is 5.35. The number of carbonyl (C=O) groups is 2. The van der Waals surface area contributed by atoms with E-state index in [1.54, 1.807) is 29.2 Å². The molecule has 8 nitrogen and oxygen atoms in total. The van der Waals surface area contributed by atoms with E-state index in [1.807, 2.05) is 12.1 Å². The van der Waals surface area contributed by atoms with Gasteiger partial charge in [-0.1, -0.05) is 11.6 Å². The zero-order chi connectivity index (χ0) is 19.3. The van der Waals surface area contributed by atoms with Gasteiger partial charge in [-0.15, -0.1) is 5.53 Å². The third-order valence-corrected chi connectivity index (χ3v) is 5.59. The van der Waals surface area contributed by atoms with Crippen LogP contribution >= 0.6 is 11.6 Å². The van der Waals surface area contributed by atoms with E-state index < -0.39 is 5.72 Å². The molecule has 0 unspecified atom stereocenters. The van der Waals surface area contributed by atoms with E-state index in [0.717, 1.165) is 11.4 Å². The molecule has 0 aromatic heterocycles. The summed E-state index contributed by atoms with van der Waals surface area (Å²) in [5.74, 6) is 0.284. The highest BCUT2D eigenvalue weighted by Gasteiger charge is 2.43. The summed E-state index contributed by atoms with van der Waals surface area (Å²) in [6.45, 7) is 0.978. The van der Waals surface area contributed by atoms with Crippen molar-refractivity contribution in [2.24, 2.45) is 0 Å². The van der Waals surface area contributed by atoms with E-state index in [1.165, 1.54) is 0 Å². The quantitative estimate of drug-likeness (QED) is 0.588. The highest BCUT2D eigenvalue weighted by atomic mass is 35.5. The summed E-state index contributed by atoms with van der Waals surface area (Å²) < 4.78 is 6.13. The number of halogens is 1. The molecule has 0 aliphatic carbocycles. The Morgan fingerprint density at radius 3 is 2.68 bits per heavy atom. The van der Waals surface area contributed by atoms with Crippen LogP contribution in [0.15, 0.2) is 36.4 Å². The summed E-state index contributed by atoms with van der Waals surface area (Å²) in [4.78, 5) is 27.2. The monoisotopic (exact) mass is 399 g/mol. The van der Waals surface area contributed by atoms with Crippen molar-refractivity contribution in [3.63, 3.8) is 0 Å². The number of nitrogens with one attached hydrogen (secondary N) is 4. The number of likely N-dealkylation sites (tertiary alicyclic amines) is 1. The number of amides is 2. The number of nitrogens with zero attached hydrogens (tertiary/aromatic N) is 1. The summed E-state index contributed by atoms with van der Waals surface area (Å²) in [6, 6.07) is 10.5. The van der Waals surface area contributed by atoms with Crippen LogP contribution in [0.5, 0.6) is 5.75 Å². The molecule has 4 N–H and O–H groups in total.